The van der Waals surface area contributed by atoms with Crippen LogP contribution in [-0.4, -0.2) is 11.1 Å². The maximum atomic E-state index is 12.3. The molecule has 0 aromatic heterocycles. The van der Waals surface area contributed by atoms with Crippen LogP contribution >= 0.6 is 0 Å². The number of benzene rings is 1. The predicted molar refractivity (Wildman–Crippen MR) is 44.4 cm³/mol. The molecule has 0 spiro atoms. The molecule has 1 aromatic carbocycles. The Bertz CT molecular complexity index is 394. The number of hydrogen-bond acceptors (Lipinski definition) is 2. The Balaban J connectivity index is 2.82. The summed E-state index contributed by atoms with van der Waals surface area (Å²) >= 11 is 0. The van der Waals surface area contributed by atoms with Gasteiger partial charge in [0.25, 0.3) is 0 Å². The molecule has 0 unspecified atom stereocenters. The van der Waals surface area contributed by atoms with Gasteiger partial charge in [0.05, 0.1) is 5.56 Å². The third-order valence-electron chi connectivity index (χ3n) is 1.46. The van der Waals surface area contributed by atoms with Gasteiger partial charge in [-0.3, -0.25) is 0 Å². The smallest absolute Gasteiger partial charge is 0.344 e. The predicted octanol–water partition coefficient (Wildman–Crippen LogP) is 2.80. The molecule has 1 rings (SSSR count). The van der Waals surface area contributed by atoms with Crippen molar-refractivity contribution in [3.8, 4) is 5.75 Å². The van der Waals surface area contributed by atoms with Crippen LogP contribution in [0.2, 0.25) is 0 Å². The SMILES string of the molecule is O=C(O)c1ccc(OC(F)=C(F)F)cc1. The van der Waals surface area contributed by atoms with Gasteiger partial charge in [-0.25, -0.2) is 4.79 Å². The molecule has 0 atom stereocenters. The molecule has 0 heterocycles. The standard InChI is InChI=1S/C9H5F3O3/c10-7(11)8(12)15-6-3-1-5(2-4-6)9(13)14/h1-4H,(H,13,14). The maximum Gasteiger partial charge on any atom is 0.344 e. The van der Waals surface area contributed by atoms with Gasteiger partial charge in [-0.05, 0) is 24.3 Å². The van der Waals surface area contributed by atoms with Crippen molar-refractivity contribution < 1.29 is 27.8 Å². The molecule has 15 heavy (non-hydrogen) atoms. The van der Waals surface area contributed by atoms with Crippen molar-refractivity contribution in [2.75, 3.05) is 0 Å². The molecular formula is C9H5F3O3. The minimum atomic E-state index is -2.57. The normalized spacial score (nSPS) is 9.53. The molecular weight excluding hydrogens is 213 g/mol. The van der Waals surface area contributed by atoms with Crippen molar-refractivity contribution in [3.63, 3.8) is 0 Å². The van der Waals surface area contributed by atoms with E-state index in [1.807, 2.05) is 0 Å². The van der Waals surface area contributed by atoms with Crippen molar-refractivity contribution in [2.24, 2.45) is 0 Å². The molecule has 80 valence electrons. The van der Waals surface area contributed by atoms with Gasteiger partial charge in [0.15, 0.2) is 0 Å². The van der Waals surface area contributed by atoms with Crippen LogP contribution in [0.15, 0.2) is 36.4 Å². The minimum absolute atomic E-state index is 0.0486. The fourth-order valence-corrected chi connectivity index (χ4v) is 0.808. The molecule has 3 nitrogen and oxygen atoms in total. The summed E-state index contributed by atoms with van der Waals surface area (Å²) in [4.78, 5) is 10.4. The van der Waals surface area contributed by atoms with Crippen LogP contribution in [0.25, 0.3) is 0 Å². The lowest BCUT2D eigenvalue weighted by molar-refractivity contribution is 0.0697. The monoisotopic (exact) mass is 218 g/mol. The minimum Gasteiger partial charge on any atom is -0.478 e. The molecule has 1 N–H and O–H groups in total. The summed E-state index contributed by atoms with van der Waals surface area (Å²) in [6, 6.07) is 2.37. The van der Waals surface area contributed by atoms with E-state index in [9.17, 15) is 18.0 Å². The first-order valence-electron chi connectivity index (χ1n) is 3.72. The summed E-state index contributed by atoms with van der Waals surface area (Å²) in [6.45, 7) is 0. The van der Waals surface area contributed by atoms with Gasteiger partial charge >= 0.3 is 18.1 Å². The van der Waals surface area contributed by atoms with E-state index in [0.717, 1.165) is 24.3 Å². The third-order valence-corrected chi connectivity index (χ3v) is 1.46. The Morgan fingerprint density at radius 2 is 1.67 bits per heavy atom. The van der Waals surface area contributed by atoms with Crippen molar-refractivity contribution in [1.29, 1.82) is 0 Å². The fourth-order valence-electron chi connectivity index (χ4n) is 0.808. The molecule has 6 heteroatoms. The van der Waals surface area contributed by atoms with E-state index in [-0.39, 0.29) is 11.3 Å². The quantitative estimate of drug-likeness (QED) is 0.793. The van der Waals surface area contributed by atoms with Crippen LogP contribution in [0.4, 0.5) is 13.2 Å². The summed E-state index contributed by atoms with van der Waals surface area (Å²) in [5.41, 5.74) is -0.0486. The number of carboxylic acid groups (broad SMARTS) is 1. The molecule has 0 saturated carbocycles. The number of halogens is 3. The van der Waals surface area contributed by atoms with E-state index in [4.69, 9.17) is 5.11 Å². The molecule has 0 aliphatic carbocycles. The Morgan fingerprint density at radius 3 is 2.07 bits per heavy atom. The van der Waals surface area contributed by atoms with Gasteiger partial charge < -0.3 is 9.84 Å². The largest absolute Gasteiger partial charge is 0.478 e. The second-order valence-electron chi connectivity index (χ2n) is 2.47. The van der Waals surface area contributed by atoms with Gasteiger partial charge in [0, 0.05) is 0 Å². The summed E-state index contributed by atoms with van der Waals surface area (Å²) in [5, 5.41) is 8.50. The number of rotatable bonds is 3. The van der Waals surface area contributed by atoms with E-state index < -0.39 is 18.1 Å². The number of ether oxygens (including phenoxy) is 1. The van der Waals surface area contributed by atoms with Crippen molar-refractivity contribution >= 4 is 5.97 Å². The van der Waals surface area contributed by atoms with Gasteiger partial charge in [-0.15, -0.1) is 0 Å². The number of hydrogen-bond donors (Lipinski definition) is 1. The van der Waals surface area contributed by atoms with E-state index in [1.165, 1.54) is 0 Å². The second kappa shape index (κ2) is 4.50. The lowest BCUT2D eigenvalue weighted by Crippen LogP contribution is -1.96. The highest BCUT2D eigenvalue weighted by molar-refractivity contribution is 5.87. The molecule has 0 radical (unpaired) electrons. The zero-order valence-electron chi connectivity index (χ0n) is 7.21. The van der Waals surface area contributed by atoms with Gasteiger partial charge in [-0.2, -0.15) is 13.2 Å². The Labute approximate surface area is 82.4 Å². The topological polar surface area (TPSA) is 46.5 Å². The first-order valence-corrected chi connectivity index (χ1v) is 3.72. The van der Waals surface area contributed by atoms with Gasteiger partial charge in [0.2, 0.25) is 0 Å². The highest BCUT2D eigenvalue weighted by Gasteiger charge is 2.08. The summed E-state index contributed by atoms with van der Waals surface area (Å²) < 4.78 is 39.6. The van der Waals surface area contributed by atoms with E-state index >= 15 is 0 Å². The Morgan fingerprint density at radius 1 is 1.13 bits per heavy atom. The number of aromatic carboxylic acids is 1. The lowest BCUT2D eigenvalue weighted by atomic mass is 10.2. The van der Waals surface area contributed by atoms with Crippen molar-refractivity contribution in [2.45, 2.75) is 0 Å². The zero-order chi connectivity index (χ0) is 11.4. The number of carbonyl (C=O) groups is 1. The van der Waals surface area contributed by atoms with Crippen LogP contribution in [0.1, 0.15) is 10.4 Å². The van der Waals surface area contributed by atoms with Crippen molar-refractivity contribution in [3.05, 3.63) is 41.9 Å². The Hall–Kier alpha value is -1.98. The fraction of sp³-hybridized carbons (Fsp3) is 0. The number of carboxylic acids is 1. The second-order valence-corrected chi connectivity index (χ2v) is 2.47. The zero-order valence-corrected chi connectivity index (χ0v) is 7.21. The molecule has 0 aliphatic heterocycles. The third kappa shape index (κ3) is 3.01. The first kappa shape index (κ1) is 11.1. The molecule has 0 fully saturated rings. The van der Waals surface area contributed by atoms with Crippen LogP contribution in [0, 0.1) is 0 Å². The molecule has 0 bridgehead atoms. The van der Waals surface area contributed by atoms with E-state index in [2.05, 4.69) is 4.74 Å². The summed E-state index contributed by atoms with van der Waals surface area (Å²) in [5.74, 6) is -1.38. The first-order chi connectivity index (χ1) is 7.00. The molecule has 0 aliphatic rings. The Kier molecular flexibility index (Phi) is 3.33. The lowest BCUT2D eigenvalue weighted by Gasteiger charge is -2.01. The highest BCUT2D eigenvalue weighted by atomic mass is 19.3. The van der Waals surface area contributed by atoms with Gasteiger partial charge in [-0.1, -0.05) is 0 Å². The van der Waals surface area contributed by atoms with Crippen LogP contribution in [0.3, 0.4) is 0 Å². The van der Waals surface area contributed by atoms with Crippen LogP contribution < -0.4 is 4.74 Å². The molecule has 0 saturated heterocycles. The van der Waals surface area contributed by atoms with E-state index in [0.29, 0.717) is 0 Å². The summed E-state index contributed by atoms with van der Waals surface area (Å²) in [6.07, 6.45) is -2.57. The molecule has 0 amide bonds. The molecule has 1 aromatic rings. The summed E-state index contributed by atoms with van der Waals surface area (Å²) in [7, 11) is 0. The van der Waals surface area contributed by atoms with Crippen molar-refractivity contribution in [1.82, 2.24) is 0 Å². The van der Waals surface area contributed by atoms with Gasteiger partial charge in [0.1, 0.15) is 5.75 Å². The highest BCUT2D eigenvalue weighted by Crippen LogP contribution is 2.18. The average Bonchev–Trinajstić information content (AvgIpc) is 2.18. The van der Waals surface area contributed by atoms with Crippen LogP contribution in [0.5, 0.6) is 5.75 Å². The average molecular weight is 218 g/mol. The van der Waals surface area contributed by atoms with E-state index in [1.54, 1.807) is 0 Å². The maximum absolute atomic E-state index is 12.3. The van der Waals surface area contributed by atoms with Crippen LogP contribution in [-0.2, 0) is 0 Å².